The van der Waals surface area contributed by atoms with Gasteiger partial charge in [-0.3, -0.25) is 19.2 Å². The van der Waals surface area contributed by atoms with Gasteiger partial charge in [0, 0.05) is 17.0 Å². The zero-order valence-electron chi connectivity index (χ0n) is 22.0. The van der Waals surface area contributed by atoms with Gasteiger partial charge in [-0.1, -0.05) is 78.3 Å². The van der Waals surface area contributed by atoms with Crippen LogP contribution < -0.4 is 5.32 Å². The van der Waals surface area contributed by atoms with Crippen LogP contribution in [0.2, 0.25) is 5.02 Å². The third-order valence-corrected chi connectivity index (χ3v) is 7.93. The number of nitrogens with one attached hydrogen (secondary N) is 1. The lowest BCUT2D eigenvalue weighted by atomic mass is 9.56. The SMILES string of the molecule is COC(=O)C1[C@H](C(=O)O)C(C(=O)N[C@@H](C)[C@H](Cc2ccc(Cl)cc2)c2ccc(-c3ccccc3)cc2)[C@H]1C(=O)O. The minimum absolute atomic E-state index is 0.238. The molecule has 0 aliphatic heterocycles. The molecule has 9 heteroatoms. The molecule has 0 saturated heterocycles. The largest absolute Gasteiger partial charge is 0.481 e. The molecule has 0 bridgehead atoms. The highest BCUT2D eigenvalue weighted by molar-refractivity contribution is 6.30. The minimum atomic E-state index is -1.50. The highest BCUT2D eigenvalue weighted by atomic mass is 35.5. The number of carbonyl (C=O) groups is 4. The predicted molar refractivity (Wildman–Crippen MR) is 149 cm³/mol. The molecule has 3 aromatic rings. The average molecular weight is 564 g/mol. The first kappa shape index (κ1) is 28.8. The minimum Gasteiger partial charge on any atom is -0.481 e. The highest BCUT2D eigenvalue weighted by Gasteiger charge is 2.64. The smallest absolute Gasteiger partial charge is 0.310 e. The zero-order chi connectivity index (χ0) is 29.0. The number of amides is 1. The number of carboxylic acids is 2. The number of halogens is 1. The van der Waals surface area contributed by atoms with Crippen LogP contribution in [-0.2, 0) is 30.3 Å². The van der Waals surface area contributed by atoms with E-state index in [1.165, 1.54) is 0 Å². The summed E-state index contributed by atoms with van der Waals surface area (Å²) >= 11 is 6.07. The van der Waals surface area contributed by atoms with Crippen molar-refractivity contribution in [2.24, 2.45) is 23.7 Å². The van der Waals surface area contributed by atoms with E-state index in [-0.39, 0.29) is 5.92 Å². The van der Waals surface area contributed by atoms with Gasteiger partial charge in [0.2, 0.25) is 5.91 Å². The van der Waals surface area contributed by atoms with Crippen molar-refractivity contribution in [1.82, 2.24) is 5.32 Å². The Bertz CT molecular complexity index is 1350. The van der Waals surface area contributed by atoms with Crippen molar-refractivity contribution in [2.75, 3.05) is 7.11 Å². The molecule has 1 aliphatic carbocycles. The van der Waals surface area contributed by atoms with Gasteiger partial charge in [-0.2, -0.15) is 0 Å². The molecule has 4 atom stereocenters. The van der Waals surface area contributed by atoms with Gasteiger partial charge in [-0.15, -0.1) is 0 Å². The number of hydrogen-bond acceptors (Lipinski definition) is 5. The molecule has 1 aliphatic rings. The van der Waals surface area contributed by atoms with Crippen LogP contribution in [0.5, 0.6) is 0 Å². The van der Waals surface area contributed by atoms with Crippen molar-refractivity contribution in [2.45, 2.75) is 25.3 Å². The van der Waals surface area contributed by atoms with Crippen molar-refractivity contribution >= 4 is 35.4 Å². The number of carboxylic acid groups (broad SMARTS) is 2. The van der Waals surface area contributed by atoms with Crippen LogP contribution >= 0.6 is 11.6 Å². The maximum absolute atomic E-state index is 13.4. The Morgan fingerprint density at radius 3 is 1.88 bits per heavy atom. The Balaban J connectivity index is 1.61. The Kier molecular flexibility index (Phi) is 8.90. The lowest BCUT2D eigenvalue weighted by Gasteiger charge is -2.45. The molecule has 1 saturated carbocycles. The summed E-state index contributed by atoms with van der Waals surface area (Å²) < 4.78 is 4.63. The van der Waals surface area contributed by atoms with Gasteiger partial charge in [0.15, 0.2) is 0 Å². The first-order valence-corrected chi connectivity index (χ1v) is 13.2. The number of rotatable bonds is 10. The topological polar surface area (TPSA) is 130 Å². The summed E-state index contributed by atoms with van der Waals surface area (Å²) in [6.45, 7) is 1.80. The van der Waals surface area contributed by atoms with E-state index in [0.717, 1.165) is 29.4 Å². The van der Waals surface area contributed by atoms with Crippen molar-refractivity contribution in [3.63, 3.8) is 0 Å². The van der Waals surface area contributed by atoms with Gasteiger partial charge in [0.25, 0.3) is 0 Å². The number of methoxy groups -OCH3 is 1. The number of benzene rings is 3. The third kappa shape index (κ3) is 6.02. The lowest BCUT2D eigenvalue weighted by Crippen LogP contribution is -2.63. The van der Waals surface area contributed by atoms with Gasteiger partial charge >= 0.3 is 17.9 Å². The van der Waals surface area contributed by atoms with Crippen molar-refractivity contribution in [3.05, 3.63) is 95.0 Å². The highest BCUT2D eigenvalue weighted by Crippen LogP contribution is 2.47. The first-order valence-electron chi connectivity index (χ1n) is 12.9. The van der Waals surface area contributed by atoms with E-state index in [4.69, 9.17) is 11.6 Å². The maximum atomic E-state index is 13.4. The molecular weight excluding hydrogens is 534 g/mol. The monoisotopic (exact) mass is 563 g/mol. The van der Waals surface area contributed by atoms with Crippen LogP contribution in [0.15, 0.2) is 78.9 Å². The molecule has 0 aromatic heterocycles. The quantitative estimate of drug-likeness (QED) is 0.306. The number of carbonyl (C=O) groups excluding carboxylic acids is 2. The van der Waals surface area contributed by atoms with Crippen molar-refractivity contribution in [1.29, 1.82) is 0 Å². The third-order valence-electron chi connectivity index (χ3n) is 7.68. The van der Waals surface area contributed by atoms with Crippen molar-refractivity contribution in [3.8, 4) is 11.1 Å². The summed E-state index contributed by atoms with van der Waals surface area (Å²) in [5.74, 6) is -10.6. The van der Waals surface area contributed by atoms with Gasteiger partial charge in [0.1, 0.15) is 0 Å². The summed E-state index contributed by atoms with van der Waals surface area (Å²) in [6, 6.07) is 24.7. The van der Waals surface area contributed by atoms with E-state index >= 15 is 0 Å². The van der Waals surface area contributed by atoms with E-state index in [1.54, 1.807) is 19.1 Å². The second-order valence-corrected chi connectivity index (χ2v) is 10.5. The normalized spacial score (nSPS) is 21.4. The summed E-state index contributed by atoms with van der Waals surface area (Å²) in [5.41, 5.74) is 4.01. The Morgan fingerprint density at radius 2 is 1.35 bits per heavy atom. The molecule has 0 heterocycles. The van der Waals surface area contributed by atoms with Gasteiger partial charge in [-0.25, -0.2) is 0 Å². The number of aliphatic carboxylic acids is 2. The van der Waals surface area contributed by atoms with E-state index in [2.05, 4.69) is 10.1 Å². The fourth-order valence-corrected chi connectivity index (χ4v) is 5.68. The second kappa shape index (κ2) is 12.3. The molecule has 1 fully saturated rings. The van der Waals surface area contributed by atoms with Crippen molar-refractivity contribution < 1.29 is 34.1 Å². The molecule has 1 amide bonds. The Labute approximate surface area is 236 Å². The number of ether oxygens (including phenoxy) is 1. The van der Waals surface area contributed by atoms with E-state index in [1.807, 2.05) is 66.7 Å². The van der Waals surface area contributed by atoms with Crippen LogP contribution in [0.25, 0.3) is 11.1 Å². The summed E-state index contributed by atoms with van der Waals surface area (Å²) in [6.07, 6.45) is 0.531. The van der Waals surface area contributed by atoms with Crippen LogP contribution in [0, 0.1) is 23.7 Å². The molecule has 0 spiro atoms. The summed E-state index contributed by atoms with van der Waals surface area (Å²) in [4.78, 5) is 49.5. The van der Waals surface area contributed by atoms with E-state index in [0.29, 0.717) is 11.4 Å². The molecule has 3 N–H and O–H groups in total. The molecule has 8 nitrogen and oxygen atoms in total. The van der Waals surface area contributed by atoms with Crippen LogP contribution in [0.3, 0.4) is 0 Å². The Morgan fingerprint density at radius 1 is 0.800 bits per heavy atom. The summed E-state index contributed by atoms with van der Waals surface area (Å²) in [5, 5.41) is 22.9. The van der Waals surface area contributed by atoms with E-state index < -0.39 is 53.5 Å². The second-order valence-electron chi connectivity index (χ2n) is 10.0. The first-order chi connectivity index (χ1) is 19.1. The van der Waals surface area contributed by atoms with Crippen LogP contribution in [0.4, 0.5) is 0 Å². The zero-order valence-corrected chi connectivity index (χ0v) is 22.7. The van der Waals surface area contributed by atoms with Gasteiger partial charge in [-0.05, 0) is 47.7 Å². The van der Waals surface area contributed by atoms with Crippen LogP contribution in [0.1, 0.15) is 24.0 Å². The molecule has 3 aromatic carbocycles. The average Bonchev–Trinajstić information content (AvgIpc) is 2.92. The molecule has 4 rings (SSSR count). The Hall–Kier alpha value is -4.17. The standard InChI is InChI=1S/C31H30ClNO7/c1-17(33-28(34)24-25(29(35)36)27(31(39)40-2)26(24)30(37)38)23(16-18-8-14-22(32)15-9-18)21-12-10-20(11-13-21)19-6-4-3-5-7-19/h3-15,17,23-27H,16H2,1-2H3,(H,33,34)(H,35,36)(H,37,38)/t17-,23-,24?,25+,26+,27?/m0/s1. The molecule has 208 valence electrons. The maximum Gasteiger partial charge on any atom is 0.310 e. The molecule has 0 unspecified atom stereocenters. The molecule has 40 heavy (non-hydrogen) atoms. The number of hydrogen-bond donors (Lipinski definition) is 3. The van der Waals surface area contributed by atoms with Crippen LogP contribution in [-0.4, -0.2) is 47.2 Å². The fraction of sp³-hybridized carbons (Fsp3) is 0.290. The molecule has 0 radical (unpaired) electrons. The fourth-order valence-electron chi connectivity index (χ4n) is 5.55. The number of esters is 1. The van der Waals surface area contributed by atoms with E-state index in [9.17, 15) is 29.4 Å². The van der Waals surface area contributed by atoms with Gasteiger partial charge in [0.05, 0.1) is 30.8 Å². The van der Waals surface area contributed by atoms with Gasteiger partial charge < -0.3 is 20.3 Å². The summed E-state index contributed by atoms with van der Waals surface area (Å²) in [7, 11) is 1.06. The lowest BCUT2D eigenvalue weighted by molar-refractivity contribution is -0.188. The predicted octanol–water partition coefficient (Wildman–Crippen LogP) is 4.66. The molecular formula is C31H30ClNO7.